The van der Waals surface area contributed by atoms with Crippen molar-refractivity contribution in [2.45, 2.75) is 19.0 Å². The molecule has 1 aromatic carbocycles. The third kappa shape index (κ3) is 2.67. The van der Waals surface area contributed by atoms with Gasteiger partial charge < -0.3 is 5.32 Å². The SMILES string of the molecule is O=C(Cc1cc(F)cc(F)c1)C1(C(F)(F)F)CCNC1. The lowest BCUT2D eigenvalue weighted by Crippen LogP contribution is -2.47. The number of ketones is 1. The van der Waals surface area contributed by atoms with Gasteiger partial charge in [-0.1, -0.05) is 0 Å². The molecule has 1 fully saturated rings. The average molecular weight is 293 g/mol. The number of carbonyl (C=O) groups excluding carboxylic acids is 1. The van der Waals surface area contributed by atoms with E-state index in [-0.39, 0.29) is 18.5 Å². The number of carbonyl (C=O) groups is 1. The number of hydrogen-bond acceptors (Lipinski definition) is 2. The summed E-state index contributed by atoms with van der Waals surface area (Å²) >= 11 is 0. The number of nitrogens with one attached hydrogen (secondary N) is 1. The smallest absolute Gasteiger partial charge is 0.315 e. The van der Waals surface area contributed by atoms with Gasteiger partial charge in [-0.05, 0) is 30.7 Å². The maximum Gasteiger partial charge on any atom is 0.402 e. The van der Waals surface area contributed by atoms with Crippen LogP contribution in [-0.2, 0) is 11.2 Å². The van der Waals surface area contributed by atoms with Gasteiger partial charge in [-0.3, -0.25) is 4.79 Å². The minimum Gasteiger partial charge on any atom is -0.315 e. The van der Waals surface area contributed by atoms with Crippen LogP contribution in [0, 0.1) is 17.0 Å². The Balaban J connectivity index is 2.26. The fraction of sp³-hybridized carbons (Fsp3) is 0.462. The van der Waals surface area contributed by atoms with Crippen LogP contribution in [0.5, 0.6) is 0 Å². The maximum absolute atomic E-state index is 13.1. The fourth-order valence-corrected chi connectivity index (χ4v) is 2.40. The maximum atomic E-state index is 13.1. The molecule has 1 atom stereocenters. The molecule has 1 unspecified atom stereocenters. The molecule has 1 heterocycles. The Kier molecular flexibility index (Phi) is 3.82. The van der Waals surface area contributed by atoms with Crippen LogP contribution in [0.4, 0.5) is 22.0 Å². The van der Waals surface area contributed by atoms with E-state index in [2.05, 4.69) is 5.32 Å². The highest BCUT2D eigenvalue weighted by Gasteiger charge is 2.60. The van der Waals surface area contributed by atoms with E-state index in [0.29, 0.717) is 6.07 Å². The minimum atomic E-state index is -4.68. The molecule has 20 heavy (non-hydrogen) atoms. The van der Waals surface area contributed by atoms with Crippen molar-refractivity contribution in [1.82, 2.24) is 5.32 Å². The summed E-state index contributed by atoms with van der Waals surface area (Å²) < 4.78 is 65.4. The van der Waals surface area contributed by atoms with E-state index in [1.54, 1.807) is 0 Å². The van der Waals surface area contributed by atoms with Gasteiger partial charge in [0.05, 0.1) is 0 Å². The Bertz CT molecular complexity index is 500. The second-order valence-corrected chi connectivity index (χ2v) is 4.88. The third-order valence-corrected chi connectivity index (χ3v) is 3.52. The molecule has 1 aliphatic rings. The van der Waals surface area contributed by atoms with E-state index < -0.39 is 42.0 Å². The molecule has 1 N–H and O–H groups in total. The van der Waals surface area contributed by atoms with Gasteiger partial charge >= 0.3 is 6.18 Å². The molecule has 1 aliphatic heterocycles. The lowest BCUT2D eigenvalue weighted by atomic mass is 9.79. The topological polar surface area (TPSA) is 29.1 Å². The zero-order valence-electron chi connectivity index (χ0n) is 10.4. The van der Waals surface area contributed by atoms with Crippen LogP contribution in [0.2, 0.25) is 0 Å². The molecule has 7 heteroatoms. The monoisotopic (exact) mass is 293 g/mol. The van der Waals surface area contributed by atoms with Crippen molar-refractivity contribution in [2.75, 3.05) is 13.1 Å². The molecule has 110 valence electrons. The first kappa shape index (κ1) is 14.9. The molecule has 2 rings (SSSR count). The van der Waals surface area contributed by atoms with Crippen LogP contribution < -0.4 is 5.32 Å². The molecule has 0 amide bonds. The van der Waals surface area contributed by atoms with Crippen LogP contribution in [0.25, 0.3) is 0 Å². The number of hydrogen-bond donors (Lipinski definition) is 1. The summed E-state index contributed by atoms with van der Waals surface area (Å²) in [5.41, 5.74) is -2.56. The van der Waals surface area contributed by atoms with Gasteiger partial charge in [0.1, 0.15) is 17.0 Å². The van der Waals surface area contributed by atoms with Crippen molar-refractivity contribution in [3.8, 4) is 0 Å². The van der Waals surface area contributed by atoms with E-state index in [1.165, 1.54) is 0 Å². The first-order valence-corrected chi connectivity index (χ1v) is 6.00. The molecule has 1 aromatic rings. The van der Waals surface area contributed by atoms with Crippen molar-refractivity contribution < 1.29 is 26.7 Å². The summed E-state index contributed by atoms with van der Waals surface area (Å²) in [5.74, 6) is -2.91. The molecule has 0 spiro atoms. The summed E-state index contributed by atoms with van der Waals surface area (Å²) in [6, 6.07) is 2.34. The van der Waals surface area contributed by atoms with Crippen molar-refractivity contribution in [3.63, 3.8) is 0 Å². The van der Waals surface area contributed by atoms with E-state index >= 15 is 0 Å². The van der Waals surface area contributed by atoms with Crippen molar-refractivity contribution in [1.29, 1.82) is 0 Å². The van der Waals surface area contributed by atoms with Gasteiger partial charge in [-0.25, -0.2) is 8.78 Å². The standard InChI is InChI=1S/C13H12F5NO/c14-9-3-8(4-10(15)6-9)5-11(20)12(13(16,17)18)1-2-19-7-12/h3-4,6,19H,1-2,5,7H2. The summed E-state index contributed by atoms with van der Waals surface area (Å²) in [4.78, 5) is 12.0. The highest BCUT2D eigenvalue weighted by atomic mass is 19.4. The molecule has 1 saturated heterocycles. The largest absolute Gasteiger partial charge is 0.402 e. The molecular weight excluding hydrogens is 281 g/mol. The molecule has 0 saturated carbocycles. The second-order valence-electron chi connectivity index (χ2n) is 4.88. The quantitative estimate of drug-likeness (QED) is 0.868. The molecule has 0 bridgehead atoms. The first-order chi connectivity index (χ1) is 9.24. The summed E-state index contributed by atoms with van der Waals surface area (Å²) in [5, 5.41) is 2.52. The molecule has 0 radical (unpaired) electrons. The van der Waals surface area contributed by atoms with Gasteiger partial charge in [0.25, 0.3) is 0 Å². The van der Waals surface area contributed by atoms with E-state index in [9.17, 15) is 26.7 Å². The highest BCUT2D eigenvalue weighted by Crippen LogP contribution is 2.44. The lowest BCUT2D eigenvalue weighted by Gasteiger charge is -2.29. The Hall–Kier alpha value is -1.50. The Labute approximate surface area is 112 Å². The van der Waals surface area contributed by atoms with Gasteiger partial charge in [0.2, 0.25) is 0 Å². The van der Waals surface area contributed by atoms with Gasteiger partial charge in [0.15, 0.2) is 5.78 Å². The fourth-order valence-electron chi connectivity index (χ4n) is 2.40. The minimum absolute atomic E-state index is 0.0861. The van der Waals surface area contributed by atoms with Gasteiger partial charge in [0, 0.05) is 19.0 Å². The summed E-state index contributed by atoms with van der Waals surface area (Å²) in [6.07, 6.45) is -5.68. The second kappa shape index (κ2) is 5.12. The number of alkyl halides is 3. The summed E-state index contributed by atoms with van der Waals surface area (Å²) in [7, 11) is 0. The van der Waals surface area contributed by atoms with Crippen molar-refractivity contribution in [3.05, 3.63) is 35.4 Å². The average Bonchev–Trinajstić information content (AvgIpc) is 2.76. The van der Waals surface area contributed by atoms with Crippen LogP contribution in [0.15, 0.2) is 18.2 Å². The molecule has 0 aromatic heterocycles. The van der Waals surface area contributed by atoms with Gasteiger partial charge in [-0.15, -0.1) is 0 Å². The Morgan fingerprint density at radius 2 is 1.80 bits per heavy atom. The lowest BCUT2D eigenvalue weighted by molar-refractivity contribution is -0.214. The van der Waals surface area contributed by atoms with Crippen LogP contribution in [0.1, 0.15) is 12.0 Å². The number of rotatable bonds is 3. The van der Waals surface area contributed by atoms with Crippen molar-refractivity contribution in [2.24, 2.45) is 5.41 Å². The number of benzene rings is 1. The van der Waals surface area contributed by atoms with Crippen LogP contribution in [-0.4, -0.2) is 25.0 Å². The zero-order valence-corrected chi connectivity index (χ0v) is 10.4. The summed E-state index contributed by atoms with van der Waals surface area (Å²) in [6.45, 7) is -0.407. The van der Waals surface area contributed by atoms with Gasteiger partial charge in [-0.2, -0.15) is 13.2 Å². The Morgan fingerprint density at radius 3 is 2.25 bits per heavy atom. The number of Topliss-reactive ketones (excluding diaryl/α,β-unsaturated/α-hetero) is 1. The van der Waals surface area contributed by atoms with E-state index in [1.807, 2.05) is 0 Å². The molecular formula is C13H12F5NO. The third-order valence-electron chi connectivity index (χ3n) is 3.52. The molecule has 2 nitrogen and oxygen atoms in total. The van der Waals surface area contributed by atoms with Crippen molar-refractivity contribution >= 4 is 5.78 Å². The van der Waals surface area contributed by atoms with E-state index in [4.69, 9.17) is 0 Å². The van der Waals surface area contributed by atoms with E-state index in [0.717, 1.165) is 12.1 Å². The first-order valence-electron chi connectivity index (χ1n) is 6.00. The number of halogens is 5. The highest BCUT2D eigenvalue weighted by molar-refractivity contribution is 5.88. The normalized spacial score (nSPS) is 23.1. The van der Waals surface area contributed by atoms with Crippen LogP contribution in [0.3, 0.4) is 0 Å². The Morgan fingerprint density at radius 1 is 1.20 bits per heavy atom. The zero-order chi connectivity index (χ0) is 15.0. The predicted octanol–water partition coefficient (Wildman–Crippen LogP) is 2.62. The predicted molar refractivity (Wildman–Crippen MR) is 61.0 cm³/mol. The molecule has 0 aliphatic carbocycles. The van der Waals surface area contributed by atoms with Crippen LogP contribution >= 0.6 is 0 Å².